The lowest BCUT2D eigenvalue weighted by Crippen LogP contribution is -1.95. The number of benzene rings is 8. The SMILES string of the molecule is c1ccc(-c2ccc3c(c2)c2ccc(-c4ccccc4-c4cnc5c6ccccc6c6ccccc6c5n4)cc2n3-c2ccccc2)cc1. The van der Waals surface area contributed by atoms with E-state index in [1.54, 1.807) is 0 Å². The standard InChI is InChI=1S/C46H29N3/c1-3-13-30(14-4-1)31-24-26-43-41(27-31)38-25-23-32(28-44(38)49(43)33-15-5-2-6-16-33)34-17-7-10-20-37(34)42-29-47-45-39-21-11-8-18-35(39)36-19-9-12-22-40(36)46(45)48-42/h1-29H. The fourth-order valence-corrected chi connectivity index (χ4v) is 7.56. The number of aromatic nitrogens is 3. The van der Waals surface area contributed by atoms with Crippen LogP contribution in [-0.4, -0.2) is 14.5 Å². The third kappa shape index (κ3) is 4.37. The molecule has 2 heterocycles. The summed E-state index contributed by atoms with van der Waals surface area (Å²) in [5.74, 6) is 0. The van der Waals surface area contributed by atoms with E-state index in [0.717, 1.165) is 49.9 Å². The Balaban J connectivity index is 1.19. The van der Waals surface area contributed by atoms with Crippen LogP contribution in [0.15, 0.2) is 176 Å². The Labute approximate surface area is 283 Å². The quantitative estimate of drug-likeness (QED) is 0.183. The van der Waals surface area contributed by atoms with E-state index in [4.69, 9.17) is 9.97 Å². The second-order valence-electron chi connectivity index (χ2n) is 12.6. The van der Waals surface area contributed by atoms with Crippen LogP contribution in [0.25, 0.3) is 93.6 Å². The maximum absolute atomic E-state index is 5.34. The molecule has 10 rings (SSSR count). The van der Waals surface area contributed by atoms with Gasteiger partial charge in [-0.1, -0.05) is 140 Å². The summed E-state index contributed by atoms with van der Waals surface area (Å²) in [4.78, 5) is 10.4. The number of para-hydroxylation sites is 1. The molecule has 0 aliphatic rings. The highest BCUT2D eigenvalue weighted by atomic mass is 15.0. The van der Waals surface area contributed by atoms with E-state index in [1.807, 2.05) is 6.20 Å². The fourth-order valence-electron chi connectivity index (χ4n) is 7.56. The topological polar surface area (TPSA) is 30.7 Å². The van der Waals surface area contributed by atoms with Gasteiger partial charge in [-0.3, -0.25) is 4.98 Å². The van der Waals surface area contributed by atoms with Crippen LogP contribution < -0.4 is 0 Å². The molecule has 49 heavy (non-hydrogen) atoms. The van der Waals surface area contributed by atoms with E-state index in [2.05, 4.69) is 174 Å². The molecule has 8 aromatic carbocycles. The van der Waals surface area contributed by atoms with Gasteiger partial charge in [0.15, 0.2) is 0 Å². The molecule has 0 aliphatic carbocycles. The summed E-state index contributed by atoms with van der Waals surface area (Å²) in [6, 6.07) is 60.5. The van der Waals surface area contributed by atoms with E-state index in [-0.39, 0.29) is 0 Å². The Morgan fingerprint density at radius 2 is 0.980 bits per heavy atom. The van der Waals surface area contributed by atoms with Crippen molar-refractivity contribution in [3.8, 4) is 39.2 Å². The van der Waals surface area contributed by atoms with Gasteiger partial charge in [-0.15, -0.1) is 0 Å². The molecule has 0 unspecified atom stereocenters. The summed E-state index contributed by atoms with van der Waals surface area (Å²) < 4.78 is 2.39. The highest BCUT2D eigenvalue weighted by Crippen LogP contribution is 2.40. The van der Waals surface area contributed by atoms with Crippen LogP contribution in [-0.2, 0) is 0 Å². The Morgan fingerprint density at radius 3 is 1.73 bits per heavy atom. The van der Waals surface area contributed by atoms with E-state index >= 15 is 0 Å². The zero-order valence-electron chi connectivity index (χ0n) is 26.6. The van der Waals surface area contributed by atoms with Crippen molar-refractivity contribution in [3.05, 3.63) is 176 Å². The third-order valence-corrected chi connectivity index (χ3v) is 9.83. The summed E-state index contributed by atoms with van der Waals surface area (Å²) >= 11 is 0. The molecule has 10 aromatic rings. The number of hydrogen-bond donors (Lipinski definition) is 0. The lowest BCUT2D eigenvalue weighted by atomic mass is 9.96. The molecule has 0 N–H and O–H groups in total. The summed E-state index contributed by atoms with van der Waals surface area (Å²) in [6.07, 6.45) is 1.94. The molecule has 228 valence electrons. The monoisotopic (exact) mass is 623 g/mol. The fraction of sp³-hybridized carbons (Fsp3) is 0. The van der Waals surface area contributed by atoms with Crippen molar-refractivity contribution in [1.29, 1.82) is 0 Å². The molecule has 0 saturated heterocycles. The maximum Gasteiger partial charge on any atom is 0.0979 e. The first-order valence-corrected chi connectivity index (χ1v) is 16.7. The van der Waals surface area contributed by atoms with Crippen molar-refractivity contribution in [3.63, 3.8) is 0 Å². The largest absolute Gasteiger partial charge is 0.309 e. The molecule has 0 fully saturated rings. The van der Waals surface area contributed by atoms with Gasteiger partial charge >= 0.3 is 0 Å². The Hall–Kier alpha value is -6.58. The van der Waals surface area contributed by atoms with E-state index in [1.165, 1.54) is 43.7 Å². The van der Waals surface area contributed by atoms with E-state index < -0.39 is 0 Å². The average molecular weight is 624 g/mol. The van der Waals surface area contributed by atoms with Gasteiger partial charge in [0.1, 0.15) is 0 Å². The molecule has 0 bridgehead atoms. The maximum atomic E-state index is 5.34. The Kier molecular flexibility index (Phi) is 6.18. The highest BCUT2D eigenvalue weighted by molar-refractivity contribution is 6.23. The van der Waals surface area contributed by atoms with E-state index in [9.17, 15) is 0 Å². The smallest absolute Gasteiger partial charge is 0.0979 e. The van der Waals surface area contributed by atoms with Gasteiger partial charge < -0.3 is 4.57 Å². The van der Waals surface area contributed by atoms with Crippen molar-refractivity contribution >= 4 is 54.4 Å². The summed E-state index contributed by atoms with van der Waals surface area (Å²) in [7, 11) is 0. The normalized spacial score (nSPS) is 11.7. The minimum atomic E-state index is 0.861. The Bertz CT molecular complexity index is 2830. The molecule has 0 aliphatic heterocycles. The molecule has 0 atom stereocenters. The van der Waals surface area contributed by atoms with Gasteiger partial charge in [-0.25, -0.2) is 4.98 Å². The van der Waals surface area contributed by atoms with Crippen LogP contribution in [0.2, 0.25) is 0 Å². The number of fused-ring (bicyclic) bond motifs is 9. The average Bonchev–Trinajstić information content (AvgIpc) is 3.51. The second-order valence-corrected chi connectivity index (χ2v) is 12.6. The van der Waals surface area contributed by atoms with Gasteiger partial charge in [0.25, 0.3) is 0 Å². The molecule has 3 heteroatoms. The first kappa shape index (κ1) is 27.5. The highest BCUT2D eigenvalue weighted by Gasteiger charge is 2.17. The molecular formula is C46H29N3. The van der Waals surface area contributed by atoms with Crippen LogP contribution in [0.4, 0.5) is 0 Å². The van der Waals surface area contributed by atoms with Crippen LogP contribution >= 0.6 is 0 Å². The van der Waals surface area contributed by atoms with Crippen molar-refractivity contribution in [2.45, 2.75) is 0 Å². The van der Waals surface area contributed by atoms with Crippen molar-refractivity contribution < 1.29 is 0 Å². The van der Waals surface area contributed by atoms with Crippen LogP contribution in [0, 0.1) is 0 Å². The van der Waals surface area contributed by atoms with Gasteiger partial charge in [-0.2, -0.15) is 0 Å². The number of hydrogen-bond acceptors (Lipinski definition) is 2. The first-order valence-electron chi connectivity index (χ1n) is 16.7. The predicted molar refractivity (Wildman–Crippen MR) is 205 cm³/mol. The number of nitrogens with zero attached hydrogens (tertiary/aromatic N) is 3. The zero-order chi connectivity index (χ0) is 32.3. The third-order valence-electron chi connectivity index (χ3n) is 9.83. The zero-order valence-corrected chi connectivity index (χ0v) is 26.6. The lowest BCUT2D eigenvalue weighted by Gasteiger charge is -2.13. The minimum Gasteiger partial charge on any atom is -0.309 e. The number of rotatable bonds is 4. The molecular weight excluding hydrogens is 595 g/mol. The molecule has 0 saturated carbocycles. The minimum absolute atomic E-state index is 0.861. The summed E-state index contributed by atoms with van der Waals surface area (Å²) in [6.45, 7) is 0. The van der Waals surface area contributed by atoms with E-state index in [0.29, 0.717) is 0 Å². The summed E-state index contributed by atoms with van der Waals surface area (Å²) in [5.41, 5.74) is 12.0. The molecule has 2 aromatic heterocycles. The van der Waals surface area contributed by atoms with Gasteiger partial charge in [0, 0.05) is 32.8 Å². The van der Waals surface area contributed by atoms with Gasteiger partial charge in [0.05, 0.1) is 34.0 Å². The predicted octanol–water partition coefficient (Wildman–Crippen LogP) is 12.0. The van der Waals surface area contributed by atoms with Crippen molar-refractivity contribution in [2.24, 2.45) is 0 Å². The Morgan fingerprint density at radius 1 is 0.367 bits per heavy atom. The van der Waals surface area contributed by atoms with Crippen LogP contribution in [0.1, 0.15) is 0 Å². The van der Waals surface area contributed by atoms with Crippen molar-refractivity contribution in [2.75, 3.05) is 0 Å². The van der Waals surface area contributed by atoms with Crippen LogP contribution in [0.3, 0.4) is 0 Å². The second kappa shape index (κ2) is 11.0. The van der Waals surface area contributed by atoms with Crippen LogP contribution in [0.5, 0.6) is 0 Å². The summed E-state index contributed by atoms with van der Waals surface area (Å²) in [5, 5.41) is 7.09. The molecule has 0 spiro atoms. The molecule has 0 amide bonds. The van der Waals surface area contributed by atoms with Gasteiger partial charge in [-0.05, 0) is 63.4 Å². The van der Waals surface area contributed by atoms with Gasteiger partial charge in [0.2, 0.25) is 0 Å². The first-order chi connectivity index (χ1) is 24.3. The molecule has 0 radical (unpaired) electrons. The van der Waals surface area contributed by atoms with Crippen molar-refractivity contribution in [1.82, 2.24) is 14.5 Å². The molecule has 3 nitrogen and oxygen atoms in total. The lowest BCUT2D eigenvalue weighted by molar-refractivity contribution is 1.18.